The summed E-state index contributed by atoms with van der Waals surface area (Å²) in [4.78, 5) is 11.3. The Bertz CT molecular complexity index is 425. The van der Waals surface area contributed by atoms with Crippen LogP contribution in [0, 0.1) is 24.7 Å². The first-order chi connectivity index (χ1) is 8.58. The SMILES string of the molecule is Cc1ccccc1CC1CC(C)CCC1C(=O)O. The molecule has 0 aromatic heterocycles. The van der Waals surface area contributed by atoms with Crippen LogP contribution in [0.15, 0.2) is 24.3 Å². The first kappa shape index (κ1) is 13.1. The Kier molecular flexibility index (Phi) is 4.05. The molecule has 1 aliphatic rings. The summed E-state index contributed by atoms with van der Waals surface area (Å²) in [5, 5.41) is 9.34. The normalized spacial score (nSPS) is 28.0. The molecule has 0 spiro atoms. The number of aliphatic carboxylic acids is 1. The van der Waals surface area contributed by atoms with Crippen LogP contribution in [0.2, 0.25) is 0 Å². The van der Waals surface area contributed by atoms with Crippen LogP contribution in [0.1, 0.15) is 37.3 Å². The molecule has 0 bridgehead atoms. The summed E-state index contributed by atoms with van der Waals surface area (Å²) >= 11 is 0. The fourth-order valence-electron chi connectivity index (χ4n) is 3.17. The zero-order valence-electron chi connectivity index (χ0n) is 11.2. The Balaban J connectivity index is 2.14. The lowest BCUT2D eigenvalue weighted by Crippen LogP contribution is -2.31. The van der Waals surface area contributed by atoms with Crippen molar-refractivity contribution >= 4 is 5.97 Å². The van der Waals surface area contributed by atoms with E-state index in [0.717, 1.165) is 25.7 Å². The third-order valence-electron chi connectivity index (χ3n) is 4.31. The molecule has 1 saturated carbocycles. The summed E-state index contributed by atoms with van der Waals surface area (Å²) in [6, 6.07) is 8.33. The Hall–Kier alpha value is -1.31. The summed E-state index contributed by atoms with van der Waals surface area (Å²) < 4.78 is 0. The minimum Gasteiger partial charge on any atom is -0.481 e. The van der Waals surface area contributed by atoms with Gasteiger partial charge in [-0.3, -0.25) is 4.79 Å². The monoisotopic (exact) mass is 246 g/mol. The molecule has 1 N–H and O–H groups in total. The number of hydrogen-bond acceptors (Lipinski definition) is 1. The maximum absolute atomic E-state index is 11.3. The van der Waals surface area contributed by atoms with Crippen LogP contribution >= 0.6 is 0 Å². The lowest BCUT2D eigenvalue weighted by Gasteiger charge is -2.32. The predicted octanol–water partition coefficient (Wildman–Crippen LogP) is 3.67. The van der Waals surface area contributed by atoms with E-state index in [1.807, 2.05) is 12.1 Å². The number of carboxylic acids is 1. The molecular formula is C16H22O2. The maximum atomic E-state index is 11.3. The Morgan fingerprint density at radius 1 is 1.33 bits per heavy atom. The zero-order chi connectivity index (χ0) is 13.1. The molecule has 98 valence electrons. The van der Waals surface area contributed by atoms with E-state index in [1.165, 1.54) is 11.1 Å². The molecule has 1 aromatic rings. The van der Waals surface area contributed by atoms with Gasteiger partial charge in [-0.1, -0.05) is 31.2 Å². The second-order valence-electron chi connectivity index (χ2n) is 5.75. The van der Waals surface area contributed by atoms with Gasteiger partial charge in [-0.25, -0.2) is 0 Å². The zero-order valence-corrected chi connectivity index (χ0v) is 11.2. The Morgan fingerprint density at radius 2 is 2.06 bits per heavy atom. The van der Waals surface area contributed by atoms with Crippen molar-refractivity contribution in [2.24, 2.45) is 17.8 Å². The molecule has 3 unspecified atom stereocenters. The number of rotatable bonds is 3. The molecule has 0 saturated heterocycles. The minimum absolute atomic E-state index is 0.152. The van der Waals surface area contributed by atoms with Gasteiger partial charge in [0, 0.05) is 0 Å². The molecule has 18 heavy (non-hydrogen) atoms. The van der Waals surface area contributed by atoms with Crippen LogP contribution in [0.25, 0.3) is 0 Å². The van der Waals surface area contributed by atoms with Gasteiger partial charge in [-0.2, -0.15) is 0 Å². The predicted molar refractivity (Wildman–Crippen MR) is 72.5 cm³/mol. The van der Waals surface area contributed by atoms with E-state index in [0.29, 0.717) is 11.8 Å². The van der Waals surface area contributed by atoms with Gasteiger partial charge in [0.05, 0.1) is 5.92 Å². The van der Waals surface area contributed by atoms with Crippen molar-refractivity contribution in [1.29, 1.82) is 0 Å². The van der Waals surface area contributed by atoms with Gasteiger partial charge in [-0.05, 0) is 55.6 Å². The van der Waals surface area contributed by atoms with E-state index < -0.39 is 5.97 Å². The summed E-state index contributed by atoms with van der Waals surface area (Å²) in [6.07, 6.45) is 3.85. The summed E-state index contributed by atoms with van der Waals surface area (Å²) in [5.74, 6) is 0.197. The van der Waals surface area contributed by atoms with E-state index in [-0.39, 0.29) is 5.92 Å². The molecule has 0 amide bonds. The van der Waals surface area contributed by atoms with E-state index in [9.17, 15) is 9.90 Å². The number of carbonyl (C=O) groups is 1. The van der Waals surface area contributed by atoms with Crippen molar-refractivity contribution in [3.63, 3.8) is 0 Å². The lowest BCUT2D eigenvalue weighted by molar-refractivity contribution is -0.145. The first-order valence-corrected chi connectivity index (χ1v) is 6.85. The average Bonchev–Trinajstić information content (AvgIpc) is 2.32. The molecule has 2 heteroatoms. The highest BCUT2D eigenvalue weighted by Gasteiger charge is 2.33. The Labute approximate surface area is 109 Å². The molecule has 0 aliphatic heterocycles. The average molecular weight is 246 g/mol. The lowest BCUT2D eigenvalue weighted by atomic mass is 9.72. The van der Waals surface area contributed by atoms with Crippen LogP contribution in [-0.4, -0.2) is 11.1 Å². The largest absolute Gasteiger partial charge is 0.481 e. The molecule has 3 atom stereocenters. The summed E-state index contributed by atoms with van der Waals surface area (Å²) in [6.45, 7) is 4.35. The Morgan fingerprint density at radius 3 is 2.72 bits per heavy atom. The van der Waals surface area contributed by atoms with Crippen molar-refractivity contribution in [2.75, 3.05) is 0 Å². The second-order valence-corrected chi connectivity index (χ2v) is 5.75. The fourth-order valence-corrected chi connectivity index (χ4v) is 3.17. The van der Waals surface area contributed by atoms with Crippen molar-refractivity contribution in [1.82, 2.24) is 0 Å². The van der Waals surface area contributed by atoms with E-state index in [1.54, 1.807) is 0 Å². The molecule has 1 aliphatic carbocycles. The summed E-state index contributed by atoms with van der Waals surface area (Å²) in [7, 11) is 0. The molecular weight excluding hydrogens is 224 g/mol. The molecule has 0 radical (unpaired) electrons. The van der Waals surface area contributed by atoms with Crippen molar-refractivity contribution in [3.8, 4) is 0 Å². The van der Waals surface area contributed by atoms with Crippen molar-refractivity contribution in [2.45, 2.75) is 39.5 Å². The quantitative estimate of drug-likeness (QED) is 0.883. The smallest absolute Gasteiger partial charge is 0.306 e. The molecule has 0 heterocycles. The van der Waals surface area contributed by atoms with Crippen LogP contribution in [0.5, 0.6) is 0 Å². The summed E-state index contributed by atoms with van der Waals surface area (Å²) in [5.41, 5.74) is 2.59. The van der Waals surface area contributed by atoms with Gasteiger partial charge >= 0.3 is 5.97 Å². The second kappa shape index (κ2) is 5.55. The van der Waals surface area contributed by atoms with Crippen molar-refractivity contribution in [3.05, 3.63) is 35.4 Å². The van der Waals surface area contributed by atoms with E-state index in [2.05, 4.69) is 26.0 Å². The van der Waals surface area contributed by atoms with Gasteiger partial charge in [0.15, 0.2) is 0 Å². The molecule has 2 rings (SSSR count). The van der Waals surface area contributed by atoms with Gasteiger partial charge < -0.3 is 5.11 Å². The first-order valence-electron chi connectivity index (χ1n) is 6.85. The van der Waals surface area contributed by atoms with Gasteiger partial charge in [0.2, 0.25) is 0 Å². The van der Waals surface area contributed by atoms with Gasteiger partial charge in [0.1, 0.15) is 0 Å². The highest BCUT2D eigenvalue weighted by Crippen LogP contribution is 2.36. The van der Waals surface area contributed by atoms with Gasteiger partial charge in [-0.15, -0.1) is 0 Å². The maximum Gasteiger partial charge on any atom is 0.306 e. The molecule has 2 nitrogen and oxygen atoms in total. The minimum atomic E-state index is -0.611. The topological polar surface area (TPSA) is 37.3 Å². The highest BCUT2D eigenvalue weighted by molar-refractivity contribution is 5.70. The van der Waals surface area contributed by atoms with E-state index >= 15 is 0 Å². The van der Waals surface area contributed by atoms with Crippen molar-refractivity contribution < 1.29 is 9.90 Å². The third kappa shape index (κ3) is 2.92. The standard InChI is InChI=1S/C16H22O2/c1-11-7-8-15(16(17)18)14(9-11)10-13-6-4-3-5-12(13)2/h3-6,11,14-15H,7-10H2,1-2H3,(H,17,18). The van der Waals surface area contributed by atoms with Crippen LogP contribution in [0.4, 0.5) is 0 Å². The highest BCUT2D eigenvalue weighted by atomic mass is 16.4. The van der Waals surface area contributed by atoms with Crippen LogP contribution in [0.3, 0.4) is 0 Å². The number of carboxylic acid groups (broad SMARTS) is 1. The molecule has 1 fully saturated rings. The van der Waals surface area contributed by atoms with Crippen LogP contribution < -0.4 is 0 Å². The van der Waals surface area contributed by atoms with Gasteiger partial charge in [0.25, 0.3) is 0 Å². The van der Waals surface area contributed by atoms with Crippen LogP contribution in [-0.2, 0) is 11.2 Å². The molecule has 1 aromatic carbocycles. The van der Waals surface area contributed by atoms with E-state index in [4.69, 9.17) is 0 Å². The fraction of sp³-hybridized carbons (Fsp3) is 0.562. The number of benzene rings is 1. The third-order valence-corrected chi connectivity index (χ3v) is 4.31. The number of aryl methyl sites for hydroxylation is 1. The number of hydrogen-bond donors (Lipinski definition) is 1.